The molecule has 0 aromatic heterocycles. The van der Waals surface area contributed by atoms with Crippen molar-refractivity contribution in [2.75, 3.05) is 63.8 Å². The van der Waals surface area contributed by atoms with Gasteiger partial charge in [0, 0.05) is 64.5 Å². The van der Waals surface area contributed by atoms with E-state index < -0.39 is 0 Å². The van der Waals surface area contributed by atoms with Crippen molar-refractivity contribution in [1.82, 2.24) is 20.4 Å². The normalized spacial score (nSPS) is 17.4. The van der Waals surface area contributed by atoms with Crippen LogP contribution in [0.15, 0.2) is 35.3 Å². The van der Waals surface area contributed by atoms with E-state index in [-0.39, 0.29) is 18.4 Å². The molecule has 2 heterocycles. The zero-order chi connectivity index (χ0) is 21.2. The predicted molar refractivity (Wildman–Crippen MR) is 120 cm³/mol. The zero-order valence-electron chi connectivity index (χ0n) is 18.0. The summed E-state index contributed by atoms with van der Waals surface area (Å²) in [6.07, 6.45) is 2.52. The summed E-state index contributed by atoms with van der Waals surface area (Å²) < 4.78 is 0. The SMILES string of the molecule is CCNC(=NCC(=O)N1CCN(c2ccccc2)CC1)NCCCN1CCCC1=O. The molecule has 2 aliphatic rings. The lowest BCUT2D eigenvalue weighted by atomic mass is 10.2. The van der Waals surface area contributed by atoms with Crippen molar-refractivity contribution < 1.29 is 9.59 Å². The number of guanidine groups is 1. The number of para-hydroxylation sites is 1. The topological polar surface area (TPSA) is 80.3 Å². The second-order valence-corrected chi connectivity index (χ2v) is 7.66. The molecular formula is C22H34N6O2. The Hall–Kier alpha value is -2.77. The van der Waals surface area contributed by atoms with Gasteiger partial charge in [0.15, 0.2) is 5.96 Å². The molecule has 2 saturated heterocycles. The molecule has 0 unspecified atom stereocenters. The van der Waals surface area contributed by atoms with E-state index in [1.165, 1.54) is 5.69 Å². The fraction of sp³-hybridized carbons (Fsp3) is 0.591. The molecule has 8 heteroatoms. The molecule has 0 bridgehead atoms. The molecule has 3 rings (SSSR count). The molecular weight excluding hydrogens is 380 g/mol. The Morgan fingerprint density at radius 1 is 1.07 bits per heavy atom. The summed E-state index contributed by atoms with van der Waals surface area (Å²) in [5.74, 6) is 0.970. The lowest BCUT2D eigenvalue weighted by Crippen LogP contribution is -2.49. The highest BCUT2D eigenvalue weighted by atomic mass is 16.2. The van der Waals surface area contributed by atoms with Crippen molar-refractivity contribution in [1.29, 1.82) is 0 Å². The highest BCUT2D eigenvalue weighted by Crippen LogP contribution is 2.15. The van der Waals surface area contributed by atoms with Crippen LogP contribution in [0.1, 0.15) is 26.2 Å². The summed E-state index contributed by atoms with van der Waals surface area (Å²) in [5.41, 5.74) is 1.21. The van der Waals surface area contributed by atoms with Crippen molar-refractivity contribution in [3.8, 4) is 0 Å². The summed E-state index contributed by atoms with van der Waals surface area (Å²) in [6.45, 7) is 8.37. The molecule has 2 fully saturated rings. The van der Waals surface area contributed by atoms with Gasteiger partial charge in [0.2, 0.25) is 11.8 Å². The third-order valence-electron chi connectivity index (χ3n) is 5.54. The van der Waals surface area contributed by atoms with E-state index in [0.29, 0.717) is 12.4 Å². The average molecular weight is 415 g/mol. The second-order valence-electron chi connectivity index (χ2n) is 7.66. The summed E-state index contributed by atoms with van der Waals surface area (Å²) in [7, 11) is 0. The minimum absolute atomic E-state index is 0.0579. The maximum atomic E-state index is 12.6. The standard InChI is InChI=1S/C22H34N6O2/c1-2-23-22(24-11-7-13-27-12-6-10-20(27)29)25-18-21(30)28-16-14-26(15-17-28)19-8-4-3-5-9-19/h3-5,8-9H,2,6-7,10-18H2,1H3,(H2,23,24,25). The monoisotopic (exact) mass is 414 g/mol. The van der Waals surface area contributed by atoms with Gasteiger partial charge in [-0.3, -0.25) is 9.59 Å². The van der Waals surface area contributed by atoms with Crippen LogP contribution in [-0.2, 0) is 9.59 Å². The molecule has 30 heavy (non-hydrogen) atoms. The number of aliphatic imine (C=N–C) groups is 1. The van der Waals surface area contributed by atoms with Gasteiger partial charge >= 0.3 is 0 Å². The molecule has 1 aromatic rings. The van der Waals surface area contributed by atoms with Crippen LogP contribution >= 0.6 is 0 Å². The van der Waals surface area contributed by atoms with Crippen molar-refractivity contribution in [3.63, 3.8) is 0 Å². The molecule has 0 spiro atoms. The third-order valence-corrected chi connectivity index (χ3v) is 5.54. The number of anilines is 1. The predicted octanol–water partition coefficient (Wildman–Crippen LogP) is 0.903. The number of benzene rings is 1. The van der Waals surface area contributed by atoms with Gasteiger partial charge in [-0.25, -0.2) is 4.99 Å². The first kappa shape index (κ1) is 21.9. The Bertz CT molecular complexity index is 716. The van der Waals surface area contributed by atoms with Crippen molar-refractivity contribution >= 4 is 23.5 Å². The van der Waals surface area contributed by atoms with Gasteiger partial charge in [-0.1, -0.05) is 18.2 Å². The van der Waals surface area contributed by atoms with E-state index in [1.807, 2.05) is 34.9 Å². The highest BCUT2D eigenvalue weighted by molar-refractivity contribution is 5.85. The number of hydrogen-bond donors (Lipinski definition) is 2. The van der Waals surface area contributed by atoms with Gasteiger partial charge < -0.3 is 25.3 Å². The minimum Gasteiger partial charge on any atom is -0.368 e. The minimum atomic E-state index is 0.0579. The van der Waals surface area contributed by atoms with Crippen LogP contribution < -0.4 is 15.5 Å². The number of carbonyl (C=O) groups is 2. The molecule has 164 valence electrons. The van der Waals surface area contributed by atoms with Gasteiger partial charge in [-0.15, -0.1) is 0 Å². The van der Waals surface area contributed by atoms with Crippen LogP contribution in [0.25, 0.3) is 0 Å². The van der Waals surface area contributed by atoms with Gasteiger partial charge in [0.1, 0.15) is 6.54 Å². The average Bonchev–Trinajstić information content (AvgIpc) is 3.20. The fourth-order valence-corrected chi connectivity index (χ4v) is 3.86. The summed E-state index contributed by atoms with van der Waals surface area (Å²) in [6, 6.07) is 10.3. The van der Waals surface area contributed by atoms with Crippen LogP contribution in [0.5, 0.6) is 0 Å². The first-order chi connectivity index (χ1) is 14.7. The first-order valence-electron chi connectivity index (χ1n) is 11.0. The molecule has 0 radical (unpaired) electrons. The molecule has 2 N–H and O–H groups in total. The molecule has 2 amide bonds. The van der Waals surface area contributed by atoms with E-state index in [0.717, 1.165) is 65.2 Å². The van der Waals surface area contributed by atoms with Gasteiger partial charge in [0.25, 0.3) is 0 Å². The second kappa shape index (κ2) is 11.4. The number of nitrogens with zero attached hydrogens (tertiary/aromatic N) is 4. The number of likely N-dealkylation sites (tertiary alicyclic amines) is 1. The van der Waals surface area contributed by atoms with Crippen LogP contribution in [0, 0.1) is 0 Å². The highest BCUT2D eigenvalue weighted by Gasteiger charge is 2.21. The number of piperazine rings is 1. The molecule has 2 aliphatic heterocycles. The number of rotatable bonds is 8. The van der Waals surface area contributed by atoms with Crippen molar-refractivity contribution in [2.24, 2.45) is 4.99 Å². The molecule has 8 nitrogen and oxygen atoms in total. The largest absolute Gasteiger partial charge is 0.368 e. The maximum absolute atomic E-state index is 12.6. The van der Waals surface area contributed by atoms with E-state index in [9.17, 15) is 9.59 Å². The lowest BCUT2D eigenvalue weighted by molar-refractivity contribution is -0.130. The molecule has 0 aliphatic carbocycles. The Morgan fingerprint density at radius 2 is 1.83 bits per heavy atom. The number of carbonyl (C=O) groups excluding carboxylic acids is 2. The fourth-order valence-electron chi connectivity index (χ4n) is 3.86. The van der Waals surface area contributed by atoms with Gasteiger partial charge in [-0.05, 0) is 31.9 Å². The Balaban J connectivity index is 1.39. The Morgan fingerprint density at radius 3 is 2.50 bits per heavy atom. The Labute approximate surface area is 179 Å². The summed E-state index contributed by atoms with van der Waals surface area (Å²) in [4.78, 5) is 34.8. The third kappa shape index (κ3) is 6.37. The van der Waals surface area contributed by atoms with Gasteiger partial charge in [-0.2, -0.15) is 0 Å². The van der Waals surface area contributed by atoms with Crippen LogP contribution in [-0.4, -0.2) is 86.5 Å². The maximum Gasteiger partial charge on any atom is 0.244 e. The van der Waals surface area contributed by atoms with Crippen LogP contribution in [0.2, 0.25) is 0 Å². The summed E-state index contributed by atoms with van der Waals surface area (Å²) >= 11 is 0. The van der Waals surface area contributed by atoms with E-state index in [1.54, 1.807) is 0 Å². The summed E-state index contributed by atoms with van der Waals surface area (Å²) in [5, 5.41) is 6.45. The quantitative estimate of drug-likeness (QED) is 0.375. The molecule has 0 atom stereocenters. The number of nitrogens with one attached hydrogen (secondary N) is 2. The van der Waals surface area contributed by atoms with E-state index in [2.05, 4.69) is 32.7 Å². The Kier molecular flexibility index (Phi) is 8.35. The molecule has 0 saturated carbocycles. The smallest absolute Gasteiger partial charge is 0.244 e. The van der Waals surface area contributed by atoms with Crippen LogP contribution in [0.4, 0.5) is 5.69 Å². The van der Waals surface area contributed by atoms with E-state index >= 15 is 0 Å². The van der Waals surface area contributed by atoms with Crippen LogP contribution in [0.3, 0.4) is 0 Å². The molecule has 1 aromatic carbocycles. The van der Waals surface area contributed by atoms with Crippen molar-refractivity contribution in [2.45, 2.75) is 26.2 Å². The lowest BCUT2D eigenvalue weighted by Gasteiger charge is -2.36. The van der Waals surface area contributed by atoms with Crippen molar-refractivity contribution in [3.05, 3.63) is 30.3 Å². The van der Waals surface area contributed by atoms with E-state index in [4.69, 9.17) is 0 Å². The van der Waals surface area contributed by atoms with Gasteiger partial charge in [0.05, 0.1) is 0 Å². The number of amides is 2. The first-order valence-corrected chi connectivity index (χ1v) is 11.0. The number of hydrogen-bond acceptors (Lipinski definition) is 4. The zero-order valence-corrected chi connectivity index (χ0v) is 18.0.